The average Bonchev–Trinajstić information content (AvgIpc) is 2.91. The number of hydrogen-bond acceptors (Lipinski definition) is 0. The summed E-state index contributed by atoms with van der Waals surface area (Å²) in [5.41, 5.74) is -2.81. The molecule has 2 N–H and O–H groups in total. The molecule has 0 saturated carbocycles. The molecular formula is C10H8F6N2. The van der Waals surface area contributed by atoms with Crippen LogP contribution in [0.3, 0.4) is 0 Å². The van der Waals surface area contributed by atoms with Gasteiger partial charge in [-0.15, -0.1) is 0 Å². The Bertz CT molecular complexity index is 406. The molecule has 0 bridgehead atoms. The van der Waals surface area contributed by atoms with Gasteiger partial charge >= 0.3 is 12.4 Å². The molecule has 0 aromatic carbocycles. The fourth-order valence-electron chi connectivity index (χ4n) is 1.00. The van der Waals surface area contributed by atoms with Crippen LogP contribution in [0.1, 0.15) is 11.4 Å². The number of hydrogen-bond donors (Lipinski definition) is 2. The molecule has 0 amide bonds. The second-order valence-electron chi connectivity index (χ2n) is 3.17. The van der Waals surface area contributed by atoms with E-state index >= 15 is 0 Å². The van der Waals surface area contributed by atoms with E-state index in [0.717, 1.165) is 0 Å². The lowest BCUT2D eigenvalue weighted by atomic mass is 10.4. The Balaban J connectivity index is 0.000000269. The molecule has 0 atom stereocenters. The third-order valence-corrected chi connectivity index (χ3v) is 1.79. The summed E-state index contributed by atoms with van der Waals surface area (Å²) in [7, 11) is 0. The van der Waals surface area contributed by atoms with Gasteiger partial charge in [0.15, 0.2) is 0 Å². The van der Waals surface area contributed by atoms with E-state index in [1.165, 1.54) is 4.98 Å². The highest BCUT2D eigenvalue weighted by atomic mass is 19.4. The van der Waals surface area contributed by atoms with E-state index in [0.29, 0.717) is 12.1 Å². The fourth-order valence-corrected chi connectivity index (χ4v) is 1.00. The molecule has 2 aromatic rings. The van der Waals surface area contributed by atoms with Gasteiger partial charge < -0.3 is 9.97 Å². The molecule has 100 valence electrons. The number of nitrogens with one attached hydrogen (secondary N) is 2. The Morgan fingerprint density at radius 3 is 1.28 bits per heavy atom. The number of H-pyrrole nitrogens is 2. The van der Waals surface area contributed by atoms with Gasteiger partial charge in [-0.3, -0.25) is 0 Å². The van der Waals surface area contributed by atoms with Crippen LogP contribution < -0.4 is 0 Å². The Hall–Kier alpha value is -1.86. The topological polar surface area (TPSA) is 31.6 Å². The Labute approximate surface area is 97.6 Å². The third-order valence-electron chi connectivity index (χ3n) is 1.79. The zero-order valence-corrected chi connectivity index (χ0v) is 8.73. The van der Waals surface area contributed by atoms with Crippen LogP contribution in [0.25, 0.3) is 0 Å². The van der Waals surface area contributed by atoms with Crippen molar-refractivity contribution in [1.29, 1.82) is 0 Å². The molecule has 2 aromatic heterocycles. The van der Waals surface area contributed by atoms with E-state index in [2.05, 4.69) is 4.98 Å². The molecule has 2 rings (SSSR count). The average molecular weight is 270 g/mol. The largest absolute Gasteiger partial charge is 0.431 e. The highest BCUT2D eigenvalue weighted by Gasteiger charge is 2.37. The maximum atomic E-state index is 11.8. The predicted octanol–water partition coefficient (Wildman–Crippen LogP) is 4.07. The lowest BCUT2D eigenvalue weighted by Crippen LogP contribution is -2.09. The van der Waals surface area contributed by atoms with Crippen LogP contribution in [-0.2, 0) is 12.4 Å². The predicted molar refractivity (Wildman–Crippen MR) is 51.6 cm³/mol. The Morgan fingerprint density at radius 1 is 0.722 bits per heavy atom. The maximum absolute atomic E-state index is 11.8. The molecule has 0 aliphatic carbocycles. The van der Waals surface area contributed by atoms with E-state index in [-0.39, 0.29) is 0 Å². The first-order valence-electron chi connectivity index (χ1n) is 4.62. The van der Waals surface area contributed by atoms with Crippen molar-refractivity contribution in [2.24, 2.45) is 0 Å². The van der Waals surface area contributed by atoms with Crippen LogP contribution in [0.2, 0.25) is 0 Å². The quantitative estimate of drug-likeness (QED) is 0.676. The monoisotopic (exact) mass is 270 g/mol. The second-order valence-corrected chi connectivity index (χ2v) is 3.17. The molecule has 2 heterocycles. The van der Waals surface area contributed by atoms with Crippen molar-refractivity contribution >= 4 is 0 Å². The van der Waals surface area contributed by atoms with Gasteiger partial charge in [0.2, 0.25) is 0 Å². The summed E-state index contributed by atoms with van der Waals surface area (Å²) >= 11 is 0. The molecule has 0 aliphatic heterocycles. The highest BCUT2D eigenvalue weighted by Crippen LogP contribution is 2.33. The van der Waals surface area contributed by atoms with Crippen molar-refractivity contribution in [3.05, 3.63) is 48.0 Å². The van der Waals surface area contributed by atoms with Gasteiger partial charge in [0.1, 0.15) is 11.4 Å². The summed E-state index contributed by atoms with van der Waals surface area (Å²) in [5, 5.41) is 0. The number of aromatic nitrogens is 2. The first-order valence-corrected chi connectivity index (χ1v) is 4.62. The van der Waals surface area contributed by atoms with Crippen LogP contribution >= 0.6 is 0 Å². The van der Waals surface area contributed by atoms with Crippen molar-refractivity contribution in [1.82, 2.24) is 9.97 Å². The van der Waals surface area contributed by atoms with Gasteiger partial charge in [-0.05, 0) is 24.3 Å². The summed E-state index contributed by atoms with van der Waals surface area (Å²) in [5.74, 6) is 0. The minimum absolute atomic E-state index is 0.350. The van der Waals surface area contributed by atoms with Crippen molar-refractivity contribution in [3.8, 4) is 0 Å². The maximum Gasteiger partial charge on any atom is 0.431 e. The molecule has 0 spiro atoms. The normalized spacial score (nSPS) is 11.9. The minimum Gasteiger partial charge on any atom is -0.368 e. The standard InChI is InChI=1S/C6H3F6N.C4H5N/c7-5(8,9)3-1-2-4(13-3)6(10,11)12;1-2-4-5-3-1/h1-2,13H;1-5H. The van der Waals surface area contributed by atoms with Crippen LogP contribution in [0, 0.1) is 0 Å². The smallest absolute Gasteiger partial charge is 0.368 e. The second kappa shape index (κ2) is 5.19. The Kier molecular flexibility index (Phi) is 4.10. The van der Waals surface area contributed by atoms with Crippen LogP contribution in [0.15, 0.2) is 36.7 Å². The van der Waals surface area contributed by atoms with Gasteiger partial charge in [-0.25, -0.2) is 0 Å². The number of alkyl halides is 6. The van der Waals surface area contributed by atoms with Crippen molar-refractivity contribution in [3.63, 3.8) is 0 Å². The van der Waals surface area contributed by atoms with Gasteiger partial charge in [0.05, 0.1) is 0 Å². The van der Waals surface area contributed by atoms with Crippen molar-refractivity contribution < 1.29 is 26.3 Å². The van der Waals surface area contributed by atoms with E-state index < -0.39 is 23.7 Å². The molecule has 8 heteroatoms. The minimum atomic E-state index is -4.77. The zero-order valence-electron chi connectivity index (χ0n) is 8.73. The molecule has 0 fully saturated rings. The van der Waals surface area contributed by atoms with E-state index in [9.17, 15) is 26.3 Å². The number of rotatable bonds is 0. The van der Waals surface area contributed by atoms with Gasteiger partial charge in [-0.1, -0.05) is 0 Å². The summed E-state index contributed by atoms with van der Waals surface area (Å²) in [6, 6.07) is 4.59. The molecule has 0 saturated heterocycles. The Morgan fingerprint density at radius 2 is 1.11 bits per heavy atom. The van der Waals surface area contributed by atoms with Gasteiger partial charge in [0, 0.05) is 12.4 Å². The fraction of sp³-hybridized carbons (Fsp3) is 0.200. The van der Waals surface area contributed by atoms with Crippen molar-refractivity contribution in [2.75, 3.05) is 0 Å². The molecule has 18 heavy (non-hydrogen) atoms. The molecule has 2 nitrogen and oxygen atoms in total. The number of aromatic amines is 2. The van der Waals surface area contributed by atoms with E-state index in [4.69, 9.17) is 0 Å². The third kappa shape index (κ3) is 4.19. The van der Waals surface area contributed by atoms with E-state index in [1.54, 1.807) is 0 Å². The van der Waals surface area contributed by atoms with E-state index in [1.807, 2.05) is 24.5 Å². The number of halogens is 6. The summed E-state index contributed by atoms with van der Waals surface area (Å²) in [6.07, 6.45) is -5.80. The molecular weight excluding hydrogens is 262 g/mol. The first kappa shape index (κ1) is 14.2. The SMILES string of the molecule is FC(F)(F)c1ccc(C(F)(F)F)[nH]1.c1cc[nH]c1. The van der Waals surface area contributed by atoms with Crippen molar-refractivity contribution in [2.45, 2.75) is 12.4 Å². The van der Waals surface area contributed by atoms with Crippen LogP contribution in [0.4, 0.5) is 26.3 Å². The lowest BCUT2D eigenvalue weighted by molar-refractivity contribution is -0.147. The zero-order chi connectivity index (χ0) is 13.8. The summed E-state index contributed by atoms with van der Waals surface area (Å²) in [4.78, 5) is 4.10. The lowest BCUT2D eigenvalue weighted by Gasteiger charge is -2.04. The molecule has 0 radical (unpaired) electrons. The first-order chi connectivity index (χ1) is 8.21. The summed E-state index contributed by atoms with van der Waals surface area (Å²) < 4.78 is 70.7. The molecule has 0 unspecified atom stereocenters. The van der Waals surface area contributed by atoms with Crippen LogP contribution in [-0.4, -0.2) is 9.97 Å². The van der Waals surface area contributed by atoms with Gasteiger partial charge in [0.25, 0.3) is 0 Å². The molecule has 0 aliphatic rings. The summed E-state index contributed by atoms with van der Waals surface area (Å²) in [6.45, 7) is 0. The highest BCUT2D eigenvalue weighted by molar-refractivity contribution is 5.17. The van der Waals surface area contributed by atoms with Gasteiger partial charge in [-0.2, -0.15) is 26.3 Å². The van der Waals surface area contributed by atoms with Crippen LogP contribution in [0.5, 0.6) is 0 Å².